The number of methoxy groups -OCH3 is 2. The number of anilines is 1. The van der Waals surface area contributed by atoms with E-state index in [0.29, 0.717) is 64.2 Å². The van der Waals surface area contributed by atoms with E-state index in [0.717, 1.165) is 0 Å². The molecule has 0 aliphatic carbocycles. The highest BCUT2D eigenvalue weighted by Gasteiger charge is 2.40. The van der Waals surface area contributed by atoms with Gasteiger partial charge in [0.15, 0.2) is 0 Å². The number of nitrogens with two attached hydrogens (primary N) is 1. The molecule has 0 radical (unpaired) electrons. The van der Waals surface area contributed by atoms with Crippen LogP contribution in [-0.2, 0) is 4.79 Å². The molecule has 0 bridgehead atoms. The molecule has 188 valence electrons. The molecule has 5 rings (SSSR count). The Morgan fingerprint density at radius 3 is 2.59 bits per heavy atom. The highest BCUT2D eigenvalue weighted by Crippen LogP contribution is 2.40. The Kier molecular flexibility index (Phi) is 6.23. The van der Waals surface area contributed by atoms with Gasteiger partial charge in [-0.3, -0.25) is 4.79 Å². The summed E-state index contributed by atoms with van der Waals surface area (Å²) >= 11 is 0. The van der Waals surface area contributed by atoms with Crippen molar-refractivity contribution < 1.29 is 18.7 Å². The first-order chi connectivity index (χ1) is 17.9. The van der Waals surface area contributed by atoms with Gasteiger partial charge < -0.3 is 29.1 Å². The van der Waals surface area contributed by atoms with Crippen molar-refractivity contribution >= 4 is 22.8 Å². The summed E-state index contributed by atoms with van der Waals surface area (Å²) in [7, 11) is 3.17. The first-order valence-corrected chi connectivity index (χ1v) is 11.5. The predicted octanol–water partition coefficient (Wildman–Crippen LogP) is 2.82. The molecule has 1 amide bonds. The zero-order chi connectivity index (χ0) is 26.1. The average Bonchev–Trinajstić information content (AvgIpc) is 3.63. The number of fused-ring (bicyclic) bond motifs is 1. The highest BCUT2D eigenvalue weighted by atomic mass is 16.5. The van der Waals surface area contributed by atoms with Crippen molar-refractivity contribution in [3.05, 3.63) is 66.3 Å². The lowest BCUT2D eigenvalue weighted by Gasteiger charge is -2.20. The second kappa shape index (κ2) is 9.66. The summed E-state index contributed by atoms with van der Waals surface area (Å²) in [5.74, 6) is 8.54. The summed E-state index contributed by atoms with van der Waals surface area (Å²) < 4.78 is 18.3. The minimum atomic E-state index is -0.396. The summed E-state index contributed by atoms with van der Waals surface area (Å²) in [4.78, 5) is 23.0. The molecule has 2 atom stereocenters. The van der Waals surface area contributed by atoms with Gasteiger partial charge in [0.25, 0.3) is 0 Å². The van der Waals surface area contributed by atoms with E-state index in [1.54, 1.807) is 32.1 Å². The van der Waals surface area contributed by atoms with Crippen molar-refractivity contribution in [2.24, 2.45) is 0 Å². The zero-order valence-corrected chi connectivity index (χ0v) is 20.6. The van der Waals surface area contributed by atoms with Gasteiger partial charge in [-0.25, -0.2) is 9.97 Å². The van der Waals surface area contributed by atoms with Gasteiger partial charge in [0.2, 0.25) is 17.7 Å². The van der Waals surface area contributed by atoms with Gasteiger partial charge in [0, 0.05) is 31.3 Å². The second-order valence-corrected chi connectivity index (χ2v) is 8.52. The Morgan fingerprint density at radius 1 is 1.19 bits per heavy atom. The Labute approximate surface area is 212 Å². The van der Waals surface area contributed by atoms with Crippen LogP contribution < -0.4 is 15.2 Å². The summed E-state index contributed by atoms with van der Waals surface area (Å²) in [5, 5.41) is 8.73. The van der Waals surface area contributed by atoms with Crippen LogP contribution in [0.2, 0.25) is 0 Å². The lowest BCUT2D eigenvalue weighted by Crippen LogP contribution is -2.30. The fourth-order valence-corrected chi connectivity index (χ4v) is 4.56. The fraction of sp³-hybridized carbons (Fsp3) is 0.269. The van der Waals surface area contributed by atoms with E-state index in [2.05, 4.69) is 38.6 Å². The molecule has 1 aliphatic heterocycles. The number of aryl methyl sites for hydroxylation is 1. The molecule has 0 unspecified atom stereocenters. The minimum absolute atomic E-state index is 0.148. The summed E-state index contributed by atoms with van der Waals surface area (Å²) in [6.45, 7) is 5.75. The van der Waals surface area contributed by atoms with Gasteiger partial charge in [-0.1, -0.05) is 18.4 Å². The van der Waals surface area contributed by atoms with E-state index in [1.165, 1.54) is 12.4 Å². The van der Waals surface area contributed by atoms with Crippen LogP contribution in [0.5, 0.6) is 11.5 Å². The maximum Gasteiger partial charge on any atom is 0.246 e. The quantitative estimate of drug-likeness (QED) is 0.325. The lowest BCUT2D eigenvalue weighted by molar-refractivity contribution is -0.127. The Balaban J connectivity index is 1.56. The molecule has 1 aliphatic rings. The van der Waals surface area contributed by atoms with Crippen molar-refractivity contribution in [2.75, 3.05) is 26.5 Å². The normalized spacial score (nSPS) is 16.9. The van der Waals surface area contributed by atoms with Crippen LogP contribution in [0.1, 0.15) is 41.4 Å². The number of carbonyl (C=O) groups excluding carboxylic acids is 1. The van der Waals surface area contributed by atoms with Crippen molar-refractivity contribution in [3.8, 4) is 23.3 Å². The third-order valence-electron chi connectivity index (χ3n) is 6.29. The van der Waals surface area contributed by atoms with E-state index in [9.17, 15) is 4.79 Å². The van der Waals surface area contributed by atoms with Crippen molar-refractivity contribution in [2.45, 2.75) is 25.4 Å². The number of carbonyl (C=O) groups is 1. The topological polar surface area (TPSA) is 134 Å². The number of likely N-dealkylation sites (tertiary alicyclic amines) is 1. The Hall–Kier alpha value is -4.85. The molecule has 4 aromatic rings. The fourth-order valence-electron chi connectivity index (χ4n) is 4.56. The van der Waals surface area contributed by atoms with Gasteiger partial charge in [0.1, 0.15) is 35.3 Å². The first kappa shape index (κ1) is 23.9. The number of amides is 1. The summed E-state index contributed by atoms with van der Waals surface area (Å²) in [6.07, 6.45) is 5.13. The van der Waals surface area contributed by atoms with Crippen LogP contribution in [0, 0.1) is 18.8 Å². The highest BCUT2D eigenvalue weighted by molar-refractivity contribution is 5.92. The van der Waals surface area contributed by atoms with E-state index < -0.39 is 6.04 Å². The van der Waals surface area contributed by atoms with Gasteiger partial charge in [0.05, 0.1) is 31.2 Å². The molecule has 1 fully saturated rings. The largest absolute Gasteiger partial charge is 0.497 e. The van der Waals surface area contributed by atoms with E-state index >= 15 is 0 Å². The molecule has 11 nitrogen and oxygen atoms in total. The van der Waals surface area contributed by atoms with Crippen molar-refractivity contribution in [3.63, 3.8) is 0 Å². The van der Waals surface area contributed by atoms with Crippen LogP contribution >= 0.6 is 0 Å². The smallest absolute Gasteiger partial charge is 0.246 e. The number of hydrogen-bond donors (Lipinski definition) is 1. The first-order valence-electron chi connectivity index (χ1n) is 11.5. The lowest BCUT2D eigenvalue weighted by atomic mass is 10.1. The molecule has 4 heterocycles. The standard InChI is InChI=1S/C26H25N7O4/c1-5-22(34)33-13-18(10-21(33)26-31-30-15(2)37-26)32-12-17(23-24(27)28-14-29-25(23)32)7-6-16-8-19(35-3)11-20(9-16)36-4/h5,8-9,11-12,14,18,21H,1,10,13H2,2-4H3,(H2,27,28,29)/t18-,21-/m0/s1. The number of nitrogen functional groups attached to an aromatic ring is 1. The second-order valence-electron chi connectivity index (χ2n) is 8.52. The van der Waals surface area contributed by atoms with E-state index in [1.807, 2.05) is 22.9 Å². The molecule has 1 saturated heterocycles. The van der Waals surface area contributed by atoms with Crippen LogP contribution in [-0.4, -0.2) is 56.3 Å². The molecule has 37 heavy (non-hydrogen) atoms. The van der Waals surface area contributed by atoms with Gasteiger partial charge in [-0.05, 0) is 24.6 Å². The molecule has 1 aromatic carbocycles. The summed E-state index contributed by atoms with van der Waals surface area (Å²) in [6, 6.07) is 4.88. The minimum Gasteiger partial charge on any atom is -0.497 e. The maximum absolute atomic E-state index is 12.7. The number of benzene rings is 1. The third-order valence-corrected chi connectivity index (χ3v) is 6.29. The monoisotopic (exact) mass is 499 g/mol. The van der Waals surface area contributed by atoms with E-state index in [4.69, 9.17) is 19.6 Å². The SMILES string of the molecule is C=CC(=O)N1C[C@@H](n2cc(C#Cc3cc(OC)cc(OC)c3)c3c(N)ncnc32)C[C@H]1c1nnc(C)o1. The van der Waals surface area contributed by atoms with Crippen molar-refractivity contribution in [1.29, 1.82) is 0 Å². The maximum atomic E-state index is 12.7. The molecule has 0 saturated carbocycles. The molecular weight excluding hydrogens is 474 g/mol. The Bertz CT molecular complexity index is 1540. The van der Waals surface area contributed by atoms with Crippen LogP contribution in [0.25, 0.3) is 11.0 Å². The molecular formula is C26H25N7O4. The number of nitrogens with zero attached hydrogens (tertiary/aromatic N) is 6. The third kappa shape index (κ3) is 4.45. The summed E-state index contributed by atoms with van der Waals surface area (Å²) in [5.41, 5.74) is 8.26. The zero-order valence-electron chi connectivity index (χ0n) is 20.6. The van der Waals surface area contributed by atoms with Gasteiger partial charge in [-0.15, -0.1) is 10.2 Å². The predicted molar refractivity (Wildman–Crippen MR) is 135 cm³/mol. The van der Waals surface area contributed by atoms with Gasteiger partial charge in [-0.2, -0.15) is 0 Å². The van der Waals surface area contributed by atoms with Crippen LogP contribution in [0.4, 0.5) is 5.82 Å². The molecule has 3 aromatic heterocycles. The molecule has 2 N–H and O–H groups in total. The number of hydrogen-bond acceptors (Lipinski definition) is 9. The van der Waals surface area contributed by atoms with Gasteiger partial charge >= 0.3 is 0 Å². The van der Waals surface area contributed by atoms with E-state index in [-0.39, 0.29) is 11.9 Å². The average molecular weight is 500 g/mol. The Morgan fingerprint density at radius 2 is 1.95 bits per heavy atom. The van der Waals surface area contributed by atoms with Crippen LogP contribution in [0.3, 0.4) is 0 Å². The number of aromatic nitrogens is 5. The molecule has 11 heteroatoms. The van der Waals surface area contributed by atoms with Crippen molar-refractivity contribution in [1.82, 2.24) is 29.6 Å². The molecule has 0 spiro atoms. The van der Waals surface area contributed by atoms with Crippen LogP contribution in [0.15, 0.2) is 47.8 Å². The number of rotatable bonds is 5. The number of ether oxygens (including phenoxy) is 2.